The lowest BCUT2D eigenvalue weighted by molar-refractivity contribution is 0.350. The largest absolute Gasteiger partial charge is 0.485 e. The molecule has 0 saturated heterocycles. The normalized spacial score (nSPS) is 15.4. The van der Waals surface area contributed by atoms with Gasteiger partial charge in [0.25, 0.3) is 0 Å². The number of H-pyrrole nitrogens is 1. The second-order valence-corrected chi connectivity index (χ2v) is 11.3. The van der Waals surface area contributed by atoms with Crippen LogP contribution in [0.1, 0.15) is 51.4 Å². The molecule has 5 aromatic rings. The number of thiophene rings is 1. The second kappa shape index (κ2) is 7.53. The number of hydrogen-bond acceptors (Lipinski definition) is 4. The molecule has 2 aromatic heterocycles. The molecular formula is C30H27N3OS. The lowest BCUT2D eigenvalue weighted by Gasteiger charge is -2.19. The van der Waals surface area contributed by atoms with E-state index in [1.54, 1.807) is 0 Å². The molecule has 4 heterocycles. The molecule has 0 spiro atoms. The Balaban J connectivity index is 1.30. The van der Waals surface area contributed by atoms with Gasteiger partial charge in [-0.2, -0.15) is 0 Å². The maximum Gasteiger partial charge on any atom is 0.145 e. The quantitative estimate of drug-likeness (QED) is 0.284. The van der Waals surface area contributed by atoms with Crippen LogP contribution >= 0.6 is 11.3 Å². The van der Waals surface area contributed by atoms with Crippen molar-refractivity contribution >= 4 is 54.5 Å². The molecule has 0 radical (unpaired) electrons. The smallest absolute Gasteiger partial charge is 0.145 e. The maximum atomic E-state index is 6.30. The first-order valence-electron chi connectivity index (χ1n) is 12.4. The van der Waals surface area contributed by atoms with Gasteiger partial charge in [-0.3, -0.25) is 4.99 Å². The first-order valence-corrected chi connectivity index (χ1v) is 13.2. The fraction of sp³-hybridized carbons (Fsp3) is 0.267. The van der Waals surface area contributed by atoms with E-state index in [1.807, 2.05) is 11.3 Å². The van der Waals surface area contributed by atoms with Gasteiger partial charge in [-0.05, 0) is 46.0 Å². The van der Waals surface area contributed by atoms with Gasteiger partial charge < -0.3 is 9.72 Å². The van der Waals surface area contributed by atoms with E-state index in [1.165, 1.54) is 48.1 Å². The van der Waals surface area contributed by atoms with Crippen molar-refractivity contribution in [1.29, 1.82) is 0 Å². The third-order valence-corrected chi connectivity index (χ3v) is 8.49. The Labute approximate surface area is 208 Å². The van der Waals surface area contributed by atoms with Crippen LogP contribution in [0.3, 0.4) is 0 Å². The number of hydrogen-bond donors (Lipinski definition) is 1. The van der Waals surface area contributed by atoms with Crippen molar-refractivity contribution in [3.63, 3.8) is 0 Å². The van der Waals surface area contributed by atoms with Gasteiger partial charge in [0.15, 0.2) is 0 Å². The summed E-state index contributed by atoms with van der Waals surface area (Å²) in [6.07, 6.45) is 0.942. The van der Waals surface area contributed by atoms with Gasteiger partial charge in [0.1, 0.15) is 18.2 Å². The van der Waals surface area contributed by atoms with Crippen molar-refractivity contribution in [2.45, 2.75) is 40.0 Å². The highest BCUT2D eigenvalue weighted by atomic mass is 32.1. The molecule has 2 aliphatic heterocycles. The summed E-state index contributed by atoms with van der Waals surface area (Å²) in [5, 5.41) is 3.64. The van der Waals surface area contributed by atoms with E-state index >= 15 is 0 Å². The van der Waals surface area contributed by atoms with Crippen molar-refractivity contribution in [2.24, 2.45) is 10.9 Å². The number of allylic oxidation sites excluding steroid dienone is 1. The molecule has 0 atom stereocenters. The monoisotopic (exact) mass is 477 g/mol. The average molecular weight is 478 g/mol. The molecule has 1 N–H and O–H groups in total. The van der Waals surface area contributed by atoms with Crippen molar-refractivity contribution in [2.75, 3.05) is 6.61 Å². The van der Waals surface area contributed by atoms with Crippen LogP contribution < -0.4 is 4.74 Å². The summed E-state index contributed by atoms with van der Waals surface area (Å²) in [6.45, 7) is 9.35. The van der Waals surface area contributed by atoms with Gasteiger partial charge in [0, 0.05) is 33.9 Å². The number of aromatic amines is 1. The van der Waals surface area contributed by atoms with Crippen LogP contribution in [0.5, 0.6) is 5.75 Å². The number of rotatable bonds is 3. The predicted octanol–water partition coefficient (Wildman–Crippen LogP) is 8.33. The summed E-state index contributed by atoms with van der Waals surface area (Å²) in [4.78, 5) is 14.5. The number of aromatic nitrogens is 2. The standard InChI is InChI=1S/C30H27N3OS/c1-15(2)24-13-22-21-9-6-19-12-26(35-29(19)28(21)34-14-25(22)31-24)18-5-8-20-17(11-18)7-10-23-27(20)33-30(32-23)16(3)4/h5-12,15-16H,13-14H2,1-4H3,(H,32,33). The molecule has 4 nitrogen and oxygen atoms in total. The summed E-state index contributed by atoms with van der Waals surface area (Å²) < 4.78 is 7.53. The minimum absolute atomic E-state index is 0.378. The molecule has 0 aliphatic carbocycles. The van der Waals surface area contributed by atoms with Crippen molar-refractivity contribution in [3.8, 4) is 16.2 Å². The van der Waals surface area contributed by atoms with Gasteiger partial charge in [0.05, 0.1) is 21.4 Å². The summed E-state index contributed by atoms with van der Waals surface area (Å²) in [5.41, 5.74) is 8.32. The summed E-state index contributed by atoms with van der Waals surface area (Å²) >= 11 is 1.82. The summed E-state index contributed by atoms with van der Waals surface area (Å²) in [6, 6.07) is 17.8. The molecule has 2 aliphatic rings. The third-order valence-electron chi connectivity index (χ3n) is 7.29. The van der Waals surface area contributed by atoms with Crippen molar-refractivity contribution in [3.05, 3.63) is 65.6 Å². The molecule has 5 heteroatoms. The molecule has 0 unspecified atom stereocenters. The highest BCUT2D eigenvalue weighted by Crippen LogP contribution is 2.47. The predicted molar refractivity (Wildman–Crippen MR) is 148 cm³/mol. The van der Waals surface area contributed by atoms with Crippen LogP contribution in [-0.2, 0) is 0 Å². The molecule has 0 bridgehead atoms. The Morgan fingerprint density at radius 1 is 0.943 bits per heavy atom. The molecule has 0 fully saturated rings. The van der Waals surface area contributed by atoms with Crippen LogP contribution in [0.15, 0.2) is 59.2 Å². The van der Waals surface area contributed by atoms with E-state index in [0.717, 1.165) is 34.7 Å². The van der Waals surface area contributed by atoms with Crippen LogP contribution in [-0.4, -0.2) is 22.3 Å². The Morgan fingerprint density at radius 2 is 1.80 bits per heavy atom. The summed E-state index contributed by atoms with van der Waals surface area (Å²) in [5.74, 6) is 2.91. The Hall–Kier alpha value is -3.44. The second-order valence-electron chi connectivity index (χ2n) is 10.3. The number of imidazole rings is 1. The third kappa shape index (κ3) is 3.18. The molecular weight excluding hydrogens is 450 g/mol. The number of fused-ring (bicyclic) bond motifs is 7. The zero-order chi connectivity index (χ0) is 23.8. The van der Waals surface area contributed by atoms with E-state index in [9.17, 15) is 0 Å². The molecule has 174 valence electrons. The highest BCUT2D eigenvalue weighted by Gasteiger charge is 2.29. The van der Waals surface area contributed by atoms with Crippen LogP contribution in [0, 0.1) is 5.92 Å². The number of benzene rings is 3. The number of ether oxygens (including phenoxy) is 1. The first kappa shape index (κ1) is 20.9. The lowest BCUT2D eigenvalue weighted by atomic mass is 9.94. The van der Waals surface area contributed by atoms with Crippen LogP contribution in [0.4, 0.5) is 0 Å². The molecule has 0 amide bonds. The SMILES string of the molecule is CC(C)C1=NC2=C(C1)c1ccc3cc(-c4ccc5c(ccc6[nH]c(C(C)C)nc65)c4)sc3c1OC2. The fourth-order valence-corrected chi connectivity index (χ4v) is 6.41. The van der Waals surface area contributed by atoms with Gasteiger partial charge in [-0.1, -0.05) is 58.0 Å². The zero-order valence-electron chi connectivity index (χ0n) is 20.4. The van der Waals surface area contributed by atoms with Gasteiger partial charge in [0.2, 0.25) is 0 Å². The first-order chi connectivity index (χ1) is 17.0. The number of aliphatic imine (C=N–C) groups is 1. The van der Waals surface area contributed by atoms with Gasteiger partial charge >= 0.3 is 0 Å². The molecule has 3 aromatic carbocycles. The van der Waals surface area contributed by atoms with Gasteiger partial charge in [-0.15, -0.1) is 11.3 Å². The van der Waals surface area contributed by atoms with E-state index in [0.29, 0.717) is 18.4 Å². The maximum absolute atomic E-state index is 6.30. The number of nitrogens with zero attached hydrogens (tertiary/aromatic N) is 2. The highest BCUT2D eigenvalue weighted by molar-refractivity contribution is 7.22. The average Bonchev–Trinajstić information content (AvgIpc) is 3.59. The van der Waals surface area contributed by atoms with Crippen molar-refractivity contribution < 1.29 is 4.74 Å². The Bertz CT molecular complexity index is 1730. The zero-order valence-corrected chi connectivity index (χ0v) is 21.2. The minimum atomic E-state index is 0.378. The number of nitrogens with one attached hydrogen (secondary N) is 1. The van der Waals surface area contributed by atoms with Crippen LogP contribution in [0.25, 0.3) is 47.9 Å². The van der Waals surface area contributed by atoms with E-state index in [4.69, 9.17) is 14.7 Å². The van der Waals surface area contributed by atoms with Crippen molar-refractivity contribution in [1.82, 2.24) is 9.97 Å². The Morgan fingerprint density at radius 3 is 2.63 bits per heavy atom. The minimum Gasteiger partial charge on any atom is -0.485 e. The molecule has 7 rings (SSSR count). The lowest BCUT2D eigenvalue weighted by Crippen LogP contribution is -2.08. The Kier molecular flexibility index (Phi) is 4.49. The summed E-state index contributed by atoms with van der Waals surface area (Å²) in [7, 11) is 0. The van der Waals surface area contributed by atoms with E-state index < -0.39 is 0 Å². The molecule has 0 saturated carbocycles. The molecule has 35 heavy (non-hydrogen) atoms. The fourth-order valence-electron chi connectivity index (χ4n) is 5.26. The van der Waals surface area contributed by atoms with E-state index in [-0.39, 0.29) is 0 Å². The van der Waals surface area contributed by atoms with Crippen LogP contribution in [0.2, 0.25) is 0 Å². The van der Waals surface area contributed by atoms with Gasteiger partial charge in [-0.25, -0.2) is 4.98 Å². The topological polar surface area (TPSA) is 50.3 Å². The van der Waals surface area contributed by atoms with E-state index in [2.05, 4.69) is 81.2 Å².